The number of benzene rings is 1. The fourth-order valence-corrected chi connectivity index (χ4v) is 5.27. The number of aromatic nitrogens is 3. The molecule has 2 N–H and O–H groups in total. The Kier molecular flexibility index (Phi) is 6.09. The lowest BCUT2D eigenvalue weighted by atomic mass is 9.90. The van der Waals surface area contributed by atoms with Crippen molar-refractivity contribution >= 4 is 11.0 Å². The Morgan fingerprint density at radius 3 is 2.90 bits per heavy atom. The summed E-state index contributed by atoms with van der Waals surface area (Å²) in [6.07, 6.45) is 12.1. The highest BCUT2D eigenvalue weighted by Gasteiger charge is 2.28. The first-order chi connectivity index (χ1) is 14.9. The summed E-state index contributed by atoms with van der Waals surface area (Å²) in [6, 6.07) is 13.8. The van der Waals surface area contributed by atoms with E-state index in [-0.39, 0.29) is 0 Å². The number of aryl methyl sites for hydroxylation is 1. The molecule has 1 aliphatic carbocycles. The molecule has 1 saturated heterocycles. The van der Waals surface area contributed by atoms with Gasteiger partial charge in [0.15, 0.2) is 0 Å². The zero-order valence-electron chi connectivity index (χ0n) is 17.8. The Morgan fingerprint density at radius 1 is 1.03 bits per heavy atom. The lowest BCUT2D eigenvalue weighted by molar-refractivity contribution is 0.156. The molecule has 0 saturated carbocycles. The maximum atomic E-state index is 4.87. The highest BCUT2D eigenvalue weighted by Crippen LogP contribution is 2.34. The van der Waals surface area contributed by atoms with Crippen LogP contribution in [-0.2, 0) is 13.0 Å². The molecule has 0 radical (unpaired) electrons. The lowest BCUT2D eigenvalue weighted by Crippen LogP contribution is -2.36. The monoisotopic (exact) mass is 403 g/mol. The lowest BCUT2D eigenvalue weighted by Gasteiger charge is -2.35. The van der Waals surface area contributed by atoms with Crippen LogP contribution in [-0.4, -0.2) is 39.0 Å². The van der Waals surface area contributed by atoms with E-state index in [1.54, 1.807) is 0 Å². The van der Waals surface area contributed by atoms with E-state index in [0.717, 1.165) is 36.4 Å². The summed E-state index contributed by atoms with van der Waals surface area (Å²) in [5, 5.41) is 3.71. The van der Waals surface area contributed by atoms with Crippen molar-refractivity contribution in [2.75, 3.05) is 13.1 Å². The molecule has 1 fully saturated rings. The van der Waals surface area contributed by atoms with Crippen molar-refractivity contribution in [1.29, 1.82) is 0 Å². The van der Waals surface area contributed by atoms with Crippen molar-refractivity contribution in [1.82, 2.24) is 25.2 Å². The minimum absolute atomic E-state index is 0.391. The second kappa shape index (κ2) is 9.27. The van der Waals surface area contributed by atoms with Crippen LogP contribution in [0.2, 0.25) is 0 Å². The second-order valence-electron chi connectivity index (χ2n) is 8.92. The summed E-state index contributed by atoms with van der Waals surface area (Å²) in [4.78, 5) is 15.9. The smallest absolute Gasteiger partial charge is 0.121 e. The first-order valence-corrected chi connectivity index (χ1v) is 11.7. The zero-order chi connectivity index (χ0) is 20.2. The molecule has 2 atom stereocenters. The third-order valence-corrected chi connectivity index (χ3v) is 6.81. The largest absolute Gasteiger partial charge is 0.341 e. The van der Waals surface area contributed by atoms with Crippen LogP contribution in [0.4, 0.5) is 0 Å². The Morgan fingerprint density at radius 2 is 2.00 bits per heavy atom. The van der Waals surface area contributed by atoms with Crippen LogP contribution in [0.5, 0.6) is 0 Å². The van der Waals surface area contributed by atoms with Crippen molar-refractivity contribution in [3.63, 3.8) is 0 Å². The van der Waals surface area contributed by atoms with Crippen LogP contribution in [0.15, 0.2) is 42.6 Å². The van der Waals surface area contributed by atoms with Gasteiger partial charge >= 0.3 is 0 Å². The topological polar surface area (TPSA) is 56.8 Å². The molecule has 2 aromatic heterocycles. The van der Waals surface area contributed by atoms with Crippen LogP contribution in [0, 0.1) is 0 Å². The molecular weight excluding hydrogens is 370 g/mol. The molecule has 5 rings (SSSR count). The second-order valence-corrected chi connectivity index (χ2v) is 8.92. The number of rotatable bonds is 7. The van der Waals surface area contributed by atoms with Crippen LogP contribution < -0.4 is 5.32 Å². The summed E-state index contributed by atoms with van der Waals surface area (Å²) in [6.45, 7) is 3.14. The summed E-state index contributed by atoms with van der Waals surface area (Å²) >= 11 is 0. The predicted molar refractivity (Wildman–Crippen MR) is 121 cm³/mol. The van der Waals surface area contributed by atoms with Crippen LogP contribution in [0.1, 0.15) is 68.1 Å². The maximum absolute atomic E-state index is 4.87. The van der Waals surface area contributed by atoms with Crippen molar-refractivity contribution in [3.8, 4) is 0 Å². The Balaban J connectivity index is 1.34. The third kappa shape index (κ3) is 4.42. The Hall–Kier alpha value is -2.24. The summed E-state index contributed by atoms with van der Waals surface area (Å²) in [7, 11) is 0. The number of hydrogen-bond acceptors (Lipinski definition) is 4. The number of nitrogens with zero attached hydrogens (tertiary/aromatic N) is 3. The Labute approximate surface area is 179 Å². The number of imidazole rings is 1. The number of aromatic amines is 1. The van der Waals surface area contributed by atoms with Gasteiger partial charge in [0.2, 0.25) is 0 Å². The Bertz CT molecular complexity index is 926. The quantitative estimate of drug-likeness (QED) is 0.597. The summed E-state index contributed by atoms with van der Waals surface area (Å²) in [5.41, 5.74) is 4.90. The van der Waals surface area contributed by atoms with E-state index in [9.17, 15) is 0 Å². The number of para-hydroxylation sites is 2. The summed E-state index contributed by atoms with van der Waals surface area (Å²) in [5.74, 6) is 1.06. The molecule has 0 bridgehead atoms. The zero-order valence-corrected chi connectivity index (χ0v) is 17.8. The van der Waals surface area contributed by atoms with Crippen molar-refractivity contribution in [2.24, 2.45) is 0 Å². The highest BCUT2D eigenvalue weighted by atomic mass is 15.2. The van der Waals surface area contributed by atoms with Gasteiger partial charge in [-0.25, -0.2) is 4.98 Å². The van der Waals surface area contributed by atoms with Gasteiger partial charge in [-0.1, -0.05) is 24.6 Å². The van der Waals surface area contributed by atoms with Gasteiger partial charge in [0.05, 0.1) is 29.3 Å². The molecule has 0 amide bonds. The van der Waals surface area contributed by atoms with E-state index in [1.807, 2.05) is 6.20 Å². The SMILES string of the molecule is c1cnc2c(c1)CCCC2N(CCCC1CCCCN1)Cc1nc2ccccc2[nH]1. The highest BCUT2D eigenvalue weighted by molar-refractivity contribution is 5.74. The van der Waals surface area contributed by atoms with Crippen molar-refractivity contribution < 1.29 is 0 Å². The molecule has 5 nitrogen and oxygen atoms in total. The maximum Gasteiger partial charge on any atom is 0.121 e. The molecule has 3 heterocycles. The van der Waals surface area contributed by atoms with Gasteiger partial charge in [-0.15, -0.1) is 0 Å². The number of fused-ring (bicyclic) bond motifs is 2. The van der Waals surface area contributed by atoms with E-state index in [0.29, 0.717) is 12.1 Å². The molecule has 0 spiro atoms. The van der Waals surface area contributed by atoms with Gasteiger partial charge < -0.3 is 10.3 Å². The molecule has 2 unspecified atom stereocenters. The van der Waals surface area contributed by atoms with Crippen LogP contribution in [0.25, 0.3) is 11.0 Å². The average molecular weight is 404 g/mol. The van der Waals surface area contributed by atoms with E-state index < -0.39 is 0 Å². The number of pyridine rings is 1. The molecule has 2 aliphatic rings. The molecule has 1 aromatic carbocycles. The molecule has 3 aromatic rings. The number of piperidine rings is 1. The van der Waals surface area contributed by atoms with Gasteiger partial charge in [0, 0.05) is 12.2 Å². The van der Waals surface area contributed by atoms with Gasteiger partial charge in [0.1, 0.15) is 5.82 Å². The summed E-state index contributed by atoms with van der Waals surface area (Å²) < 4.78 is 0. The molecular formula is C25H33N5. The first kappa shape index (κ1) is 19.7. The first-order valence-electron chi connectivity index (χ1n) is 11.7. The fraction of sp³-hybridized carbons (Fsp3) is 0.520. The van der Waals surface area contributed by atoms with Crippen LogP contribution >= 0.6 is 0 Å². The van der Waals surface area contributed by atoms with Gasteiger partial charge in [-0.2, -0.15) is 0 Å². The fourth-order valence-electron chi connectivity index (χ4n) is 5.27. The van der Waals surface area contributed by atoms with E-state index in [2.05, 4.69) is 51.6 Å². The molecule has 5 heteroatoms. The average Bonchev–Trinajstić information content (AvgIpc) is 3.21. The van der Waals surface area contributed by atoms with E-state index >= 15 is 0 Å². The van der Waals surface area contributed by atoms with E-state index in [1.165, 1.54) is 62.7 Å². The number of nitrogens with one attached hydrogen (secondary N) is 2. The number of hydrogen-bond donors (Lipinski definition) is 2. The standard InChI is InChI=1S/C25H33N5/c1-2-13-22-21(12-1)28-24(29-22)18-30(17-7-11-20-10-3-4-15-26-20)23-14-5-8-19-9-6-16-27-25(19)23/h1-2,6,9,12-13,16,20,23,26H,3-5,7-8,10-11,14-15,17-18H2,(H,28,29). The molecule has 30 heavy (non-hydrogen) atoms. The van der Waals surface area contributed by atoms with Gasteiger partial charge in [-0.05, 0) is 81.8 Å². The van der Waals surface area contributed by atoms with E-state index in [4.69, 9.17) is 9.97 Å². The minimum Gasteiger partial charge on any atom is -0.341 e. The number of H-pyrrole nitrogens is 1. The van der Waals surface area contributed by atoms with Crippen molar-refractivity contribution in [2.45, 2.75) is 70.0 Å². The normalized spacial score (nSPS) is 21.8. The van der Waals surface area contributed by atoms with Gasteiger partial charge in [0.25, 0.3) is 0 Å². The third-order valence-electron chi connectivity index (χ3n) is 6.81. The van der Waals surface area contributed by atoms with Crippen LogP contribution in [0.3, 0.4) is 0 Å². The molecule has 1 aliphatic heterocycles. The van der Waals surface area contributed by atoms with Gasteiger partial charge in [-0.3, -0.25) is 9.88 Å². The van der Waals surface area contributed by atoms with Crippen molar-refractivity contribution in [3.05, 3.63) is 59.7 Å². The molecule has 158 valence electrons. The predicted octanol–water partition coefficient (Wildman–Crippen LogP) is 4.76. The minimum atomic E-state index is 0.391.